The number of carboxylic acid groups (broad SMARTS) is 1. The van der Waals surface area contributed by atoms with Gasteiger partial charge in [0.2, 0.25) is 0 Å². The molecule has 2 aromatic heterocycles. The number of nitrogens with one attached hydrogen (secondary N) is 1. The summed E-state index contributed by atoms with van der Waals surface area (Å²) in [6.07, 6.45) is 5.91. The molecule has 1 aromatic carbocycles. The van der Waals surface area contributed by atoms with E-state index in [4.69, 9.17) is 9.72 Å². The molecule has 0 saturated heterocycles. The van der Waals surface area contributed by atoms with Crippen molar-refractivity contribution in [1.29, 1.82) is 0 Å². The zero-order chi connectivity index (χ0) is 22.5. The first-order valence-electron chi connectivity index (χ1n) is 10.7. The van der Waals surface area contributed by atoms with Crippen LogP contribution in [0.25, 0.3) is 0 Å². The summed E-state index contributed by atoms with van der Waals surface area (Å²) < 4.78 is 19.1. The number of carboxylic acids is 1. The Labute approximate surface area is 185 Å². The fourth-order valence-electron chi connectivity index (χ4n) is 3.92. The van der Waals surface area contributed by atoms with Crippen LogP contribution < -0.4 is 10.1 Å². The molecule has 0 amide bonds. The van der Waals surface area contributed by atoms with Gasteiger partial charge in [-0.05, 0) is 61.4 Å². The van der Waals surface area contributed by atoms with Gasteiger partial charge in [-0.3, -0.25) is 4.79 Å². The number of fused-ring (bicyclic) bond motifs is 1. The van der Waals surface area contributed by atoms with Gasteiger partial charge in [0.1, 0.15) is 11.9 Å². The number of rotatable bonds is 9. The van der Waals surface area contributed by atoms with E-state index < -0.39 is 17.8 Å². The highest BCUT2D eigenvalue weighted by atomic mass is 19.1. The van der Waals surface area contributed by atoms with Gasteiger partial charge >= 0.3 is 5.97 Å². The van der Waals surface area contributed by atoms with Crippen molar-refractivity contribution in [3.63, 3.8) is 0 Å². The van der Waals surface area contributed by atoms with Gasteiger partial charge < -0.3 is 15.2 Å². The van der Waals surface area contributed by atoms with Crippen molar-refractivity contribution in [2.45, 2.75) is 44.6 Å². The normalized spacial score (nSPS) is 13.8. The number of aliphatic carboxylic acids is 1. The molecule has 3 heterocycles. The molecule has 2 N–H and O–H groups in total. The predicted octanol–water partition coefficient (Wildman–Crippen LogP) is 3.42. The van der Waals surface area contributed by atoms with E-state index in [1.54, 1.807) is 12.3 Å². The topological polar surface area (TPSA) is 102 Å². The molecule has 4 rings (SSSR count). The first-order chi connectivity index (χ1) is 15.5. The van der Waals surface area contributed by atoms with Gasteiger partial charge in [-0.15, -0.1) is 0 Å². The number of aryl methyl sites for hydroxylation is 3. The maximum Gasteiger partial charge on any atom is 0.305 e. The third-order valence-corrected chi connectivity index (χ3v) is 5.58. The Hall–Kier alpha value is -3.49. The Kier molecular flexibility index (Phi) is 6.63. The first kappa shape index (κ1) is 21.7. The minimum atomic E-state index is -1.02. The number of halogens is 1. The molecule has 0 saturated carbocycles. The molecule has 0 bridgehead atoms. The van der Waals surface area contributed by atoms with Crippen LogP contribution in [0.5, 0.6) is 5.75 Å². The Morgan fingerprint density at radius 3 is 2.91 bits per heavy atom. The van der Waals surface area contributed by atoms with Gasteiger partial charge in [0.15, 0.2) is 11.6 Å². The number of hydrogen-bond acceptors (Lipinski definition) is 6. The summed E-state index contributed by atoms with van der Waals surface area (Å²) in [5.74, 6) is -0.483. The van der Waals surface area contributed by atoms with Crippen molar-refractivity contribution < 1.29 is 19.0 Å². The van der Waals surface area contributed by atoms with Crippen LogP contribution in [-0.4, -0.2) is 44.7 Å². The highest BCUT2D eigenvalue weighted by Gasteiger charge is 2.21. The second-order valence-corrected chi connectivity index (χ2v) is 7.86. The first-order valence-corrected chi connectivity index (χ1v) is 10.7. The van der Waals surface area contributed by atoms with E-state index in [0.29, 0.717) is 12.0 Å². The summed E-state index contributed by atoms with van der Waals surface area (Å²) in [6, 6.07) is 7.88. The zero-order valence-electron chi connectivity index (χ0n) is 17.9. The quantitative estimate of drug-likeness (QED) is 0.527. The molecule has 168 valence electrons. The third-order valence-electron chi connectivity index (χ3n) is 5.58. The molecule has 1 aliphatic heterocycles. The second-order valence-electron chi connectivity index (χ2n) is 7.86. The van der Waals surface area contributed by atoms with Crippen LogP contribution in [0.15, 0.2) is 36.5 Å². The van der Waals surface area contributed by atoms with Crippen LogP contribution in [0.1, 0.15) is 47.8 Å². The van der Waals surface area contributed by atoms with Crippen LogP contribution in [0.3, 0.4) is 0 Å². The average molecular weight is 439 g/mol. The lowest BCUT2D eigenvalue weighted by molar-refractivity contribution is -0.137. The molecule has 9 heteroatoms. The van der Waals surface area contributed by atoms with Crippen molar-refractivity contribution in [3.05, 3.63) is 64.9 Å². The number of benzene rings is 1. The van der Waals surface area contributed by atoms with Crippen LogP contribution in [-0.2, 0) is 24.1 Å². The molecule has 1 aliphatic rings. The van der Waals surface area contributed by atoms with E-state index in [-0.39, 0.29) is 12.2 Å². The number of ether oxygens (including phenoxy) is 1. The van der Waals surface area contributed by atoms with Gasteiger partial charge in [-0.2, -0.15) is 15.0 Å². The van der Waals surface area contributed by atoms with Gasteiger partial charge in [0.25, 0.3) is 0 Å². The minimum Gasteiger partial charge on any atom is -0.494 e. The Bertz CT molecular complexity index is 1100. The molecule has 0 spiro atoms. The SMILES string of the molecule is COc1ccc([C@@H](CC(=O)O)n2ncc(CCCc3ccc4c(n3)NCCC4)n2)cc1F. The lowest BCUT2D eigenvalue weighted by Crippen LogP contribution is -2.18. The molecule has 0 unspecified atom stereocenters. The molecule has 0 radical (unpaired) electrons. The minimum absolute atomic E-state index is 0.0999. The highest BCUT2D eigenvalue weighted by molar-refractivity contribution is 5.68. The van der Waals surface area contributed by atoms with Gasteiger partial charge in [0.05, 0.1) is 25.4 Å². The van der Waals surface area contributed by atoms with Crippen LogP contribution >= 0.6 is 0 Å². The monoisotopic (exact) mass is 439 g/mol. The number of nitrogens with zero attached hydrogens (tertiary/aromatic N) is 4. The number of methoxy groups -OCH3 is 1. The van der Waals surface area contributed by atoms with Crippen molar-refractivity contribution in [3.8, 4) is 5.75 Å². The molecule has 0 fully saturated rings. The zero-order valence-corrected chi connectivity index (χ0v) is 17.9. The fraction of sp³-hybridized carbons (Fsp3) is 0.391. The van der Waals surface area contributed by atoms with Gasteiger partial charge in [-0.25, -0.2) is 9.37 Å². The number of aromatic nitrogens is 4. The highest BCUT2D eigenvalue weighted by Crippen LogP contribution is 2.26. The van der Waals surface area contributed by atoms with E-state index in [9.17, 15) is 14.3 Å². The number of carbonyl (C=O) groups is 1. The van der Waals surface area contributed by atoms with E-state index in [1.165, 1.54) is 29.6 Å². The van der Waals surface area contributed by atoms with Crippen LogP contribution in [0.2, 0.25) is 0 Å². The predicted molar refractivity (Wildman–Crippen MR) is 116 cm³/mol. The summed E-state index contributed by atoms with van der Waals surface area (Å²) in [5, 5.41) is 21.4. The van der Waals surface area contributed by atoms with E-state index >= 15 is 0 Å². The average Bonchev–Trinajstić information content (AvgIpc) is 3.26. The Balaban J connectivity index is 1.42. The molecular formula is C23H26FN5O3. The standard InChI is InChI=1S/C23H26FN5O3/c1-32-21-10-8-16(12-19(21)24)20(13-22(30)31)29-26-14-18(28-29)6-2-5-17-9-7-15-4-3-11-25-23(15)27-17/h7-10,12,14,20H,2-6,11,13H2,1H3,(H,25,27)(H,30,31)/t20-/m1/s1. The van der Waals surface area contributed by atoms with Crippen molar-refractivity contribution >= 4 is 11.8 Å². The lowest BCUT2D eigenvalue weighted by atomic mass is 10.0. The van der Waals surface area contributed by atoms with Gasteiger partial charge in [0, 0.05) is 12.2 Å². The molecule has 32 heavy (non-hydrogen) atoms. The third kappa shape index (κ3) is 5.04. The van der Waals surface area contributed by atoms with Crippen molar-refractivity contribution in [2.24, 2.45) is 0 Å². The molecule has 8 nitrogen and oxygen atoms in total. The smallest absolute Gasteiger partial charge is 0.305 e. The van der Waals surface area contributed by atoms with E-state index in [2.05, 4.69) is 27.6 Å². The number of pyridine rings is 1. The maximum absolute atomic E-state index is 14.2. The molecule has 3 aromatic rings. The van der Waals surface area contributed by atoms with Crippen LogP contribution in [0, 0.1) is 5.82 Å². The maximum atomic E-state index is 14.2. The summed E-state index contributed by atoms with van der Waals surface area (Å²) in [6.45, 7) is 0.960. The van der Waals surface area contributed by atoms with Crippen molar-refractivity contribution in [1.82, 2.24) is 20.0 Å². The fourth-order valence-corrected chi connectivity index (χ4v) is 3.92. The number of hydrogen-bond donors (Lipinski definition) is 2. The van der Waals surface area contributed by atoms with E-state index in [0.717, 1.165) is 49.4 Å². The second kappa shape index (κ2) is 9.76. The van der Waals surface area contributed by atoms with Crippen LogP contribution in [0.4, 0.5) is 10.2 Å². The Morgan fingerprint density at radius 1 is 1.28 bits per heavy atom. The summed E-state index contributed by atoms with van der Waals surface area (Å²) in [7, 11) is 1.38. The largest absolute Gasteiger partial charge is 0.494 e. The lowest BCUT2D eigenvalue weighted by Gasteiger charge is -2.17. The van der Waals surface area contributed by atoms with Crippen molar-refractivity contribution in [2.75, 3.05) is 19.0 Å². The van der Waals surface area contributed by atoms with E-state index in [1.807, 2.05) is 0 Å². The van der Waals surface area contributed by atoms with Gasteiger partial charge in [-0.1, -0.05) is 12.1 Å². The number of anilines is 1. The molecular weight excluding hydrogens is 413 g/mol. The summed E-state index contributed by atoms with van der Waals surface area (Å²) in [4.78, 5) is 17.5. The molecule has 0 aliphatic carbocycles. The Morgan fingerprint density at radius 2 is 2.12 bits per heavy atom. The summed E-state index contributed by atoms with van der Waals surface area (Å²) >= 11 is 0. The molecule has 1 atom stereocenters. The summed E-state index contributed by atoms with van der Waals surface area (Å²) in [5.41, 5.74) is 3.52.